The molecule has 2 aromatic heterocycles. The summed E-state index contributed by atoms with van der Waals surface area (Å²) in [5.74, 6) is -1.82. The van der Waals surface area contributed by atoms with Crippen molar-refractivity contribution in [1.82, 2.24) is 25.2 Å². The average Bonchev–Trinajstić information content (AvgIpc) is 3.10. The molecule has 1 aliphatic heterocycles. The highest BCUT2D eigenvalue weighted by Gasteiger charge is 2.42. The third-order valence-corrected chi connectivity index (χ3v) is 3.80. The number of carbonyl (C=O) groups is 1. The quantitative estimate of drug-likeness (QED) is 0.833. The minimum absolute atomic E-state index is 0. The molecule has 1 atom stereocenters. The van der Waals surface area contributed by atoms with Crippen molar-refractivity contribution < 1.29 is 13.6 Å². The first-order valence-corrected chi connectivity index (χ1v) is 7.29. The Labute approximate surface area is 156 Å². The fourth-order valence-corrected chi connectivity index (χ4v) is 2.59. The van der Waals surface area contributed by atoms with Gasteiger partial charge in [0.1, 0.15) is 11.6 Å². The van der Waals surface area contributed by atoms with Crippen LogP contribution in [0, 0.1) is 6.92 Å². The second-order valence-electron chi connectivity index (χ2n) is 5.54. The fraction of sp³-hybridized carbons (Fsp3) is 0.400. The molecule has 0 aromatic carbocycles. The number of alkyl halides is 2. The van der Waals surface area contributed by atoms with Gasteiger partial charge in [-0.05, 0) is 13.0 Å². The van der Waals surface area contributed by atoms with Crippen molar-refractivity contribution in [3.8, 4) is 5.82 Å². The maximum atomic E-state index is 13.1. The second kappa shape index (κ2) is 8.55. The zero-order chi connectivity index (χ0) is 16.4. The monoisotopic (exact) mass is 393 g/mol. The molecular weight excluding hydrogens is 375 g/mol. The number of hydrogen-bond acceptors (Lipinski definition) is 4. The standard InChI is InChI=1S/C15H17F2N5O.2ClH/c1-10-18-5-6-22(10)13-11(3-2-4-19-13)8-20-14(23)12-7-15(16,17)9-21-12;;/h2-6,12,21H,7-9H2,1H3,(H,20,23);2*1H. The molecule has 0 aliphatic carbocycles. The molecule has 138 valence electrons. The van der Waals surface area contributed by atoms with Gasteiger partial charge < -0.3 is 5.32 Å². The predicted molar refractivity (Wildman–Crippen MR) is 93.8 cm³/mol. The van der Waals surface area contributed by atoms with Gasteiger partial charge in [-0.15, -0.1) is 24.8 Å². The molecule has 0 radical (unpaired) electrons. The number of pyridine rings is 1. The van der Waals surface area contributed by atoms with Gasteiger partial charge in [0.05, 0.1) is 12.6 Å². The Morgan fingerprint density at radius 3 is 2.76 bits per heavy atom. The van der Waals surface area contributed by atoms with Crippen molar-refractivity contribution in [3.63, 3.8) is 0 Å². The van der Waals surface area contributed by atoms with Crippen LogP contribution in [0.15, 0.2) is 30.7 Å². The number of rotatable bonds is 4. The Balaban J connectivity index is 0.00000156. The van der Waals surface area contributed by atoms with Gasteiger partial charge in [0, 0.05) is 37.1 Å². The van der Waals surface area contributed by atoms with E-state index >= 15 is 0 Å². The molecule has 1 amide bonds. The van der Waals surface area contributed by atoms with Gasteiger partial charge in [-0.1, -0.05) is 6.07 Å². The summed E-state index contributed by atoms with van der Waals surface area (Å²) < 4.78 is 28.1. The van der Waals surface area contributed by atoms with Crippen LogP contribution < -0.4 is 10.6 Å². The molecule has 1 saturated heterocycles. The molecule has 1 fully saturated rings. The van der Waals surface area contributed by atoms with Gasteiger partial charge in [0.15, 0.2) is 0 Å². The number of halogens is 4. The Morgan fingerprint density at radius 1 is 1.40 bits per heavy atom. The smallest absolute Gasteiger partial charge is 0.262 e. The number of carbonyl (C=O) groups excluding carboxylic acids is 1. The van der Waals surface area contributed by atoms with Crippen LogP contribution in [-0.2, 0) is 11.3 Å². The summed E-state index contributed by atoms with van der Waals surface area (Å²) in [7, 11) is 0. The summed E-state index contributed by atoms with van der Waals surface area (Å²) in [6, 6.07) is 2.73. The van der Waals surface area contributed by atoms with Crippen molar-refractivity contribution in [2.45, 2.75) is 31.9 Å². The molecular formula is C15H19Cl2F2N5O. The van der Waals surface area contributed by atoms with Gasteiger partial charge in [0.2, 0.25) is 5.91 Å². The third-order valence-electron chi connectivity index (χ3n) is 3.80. The number of aromatic nitrogens is 3. The first-order chi connectivity index (χ1) is 11.0. The predicted octanol–water partition coefficient (Wildman–Crippen LogP) is 2.03. The van der Waals surface area contributed by atoms with Crippen LogP contribution in [0.25, 0.3) is 5.82 Å². The highest BCUT2D eigenvalue weighted by molar-refractivity contribution is 5.85. The van der Waals surface area contributed by atoms with Crippen molar-refractivity contribution in [2.24, 2.45) is 0 Å². The summed E-state index contributed by atoms with van der Waals surface area (Å²) >= 11 is 0. The van der Waals surface area contributed by atoms with Gasteiger partial charge in [0.25, 0.3) is 5.92 Å². The first kappa shape index (κ1) is 21.3. The topological polar surface area (TPSA) is 71.8 Å². The minimum atomic E-state index is -2.82. The van der Waals surface area contributed by atoms with Gasteiger partial charge in [-0.2, -0.15) is 0 Å². The lowest BCUT2D eigenvalue weighted by molar-refractivity contribution is -0.123. The molecule has 3 heterocycles. The Bertz CT molecular complexity index is 725. The molecule has 0 saturated carbocycles. The van der Waals surface area contributed by atoms with Crippen LogP contribution in [0.4, 0.5) is 8.78 Å². The summed E-state index contributed by atoms with van der Waals surface area (Å²) in [6.07, 6.45) is 4.62. The Morgan fingerprint density at radius 2 is 2.16 bits per heavy atom. The summed E-state index contributed by atoms with van der Waals surface area (Å²) in [4.78, 5) is 20.5. The van der Waals surface area contributed by atoms with E-state index in [4.69, 9.17) is 0 Å². The zero-order valence-corrected chi connectivity index (χ0v) is 15.0. The molecule has 10 heteroatoms. The number of amides is 1. The van der Waals surface area contributed by atoms with Crippen LogP contribution in [0.3, 0.4) is 0 Å². The molecule has 0 bridgehead atoms. The van der Waals surface area contributed by atoms with E-state index in [2.05, 4.69) is 20.6 Å². The van der Waals surface area contributed by atoms with E-state index < -0.39 is 30.8 Å². The maximum Gasteiger partial charge on any atom is 0.262 e. The number of aryl methyl sites for hydroxylation is 1. The minimum Gasteiger partial charge on any atom is -0.351 e. The van der Waals surface area contributed by atoms with E-state index in [1.54, 1.807) is 24.7 Å². The molecule has 1 aliphatic rings. The van der Waals surface area contributed by atoms with Crippen LogP contribution in [0.1, 0.15) is 17.8 Å². The average molecular weight is 394 g/mol. The molecule has 2 N–H and O–H groups in total. The summed E-state index contributed by atoms with van der Waals surface area (Å²) in [6.45, 7) is 1.60. The Hall–Kier alpha value is -1.77. The lowest BCUT2D eigenvalue weighted by Gasteiger charge is -2.14. The highest BCUT2D eigenvalue weighted by atomic mass is 35.5. The van der Waals surface area contributed by atoms with E-state index in [1.165, 1.54) is 0 Å². The molecule has 6 nitrogen and oxygen atoms in total. The van der Waals surface area contributed by atoms with Crippen LogP contribution >= 0.6 is 24.8 Å². The van der Waals surface area contributed by atoms with Gasteiger partial charge in [-0.25, -0.2) is 18.7 Å². The van der Waals surface area contributed by atoms with Gasteiger partial charge >= 0.3 is 0 Å². The van der Waals surface area contributed by atoms with Crippen LogP contribution in [0.5, 0.6) is 0 Å². The van der Waals surface area contributed by atoms with Crippen molar-refractivity contribution >= 4 is 30.7 Å². The van der Waals surface area contributed by atoms with Crippen molar-refractivity contribution in [2.75, 3.05) is 6.54 Å². The van der Waals surface area contributed by atoms with Crippen LogP contribution in [0.2, 0.25) is 0 Å². The molecule has 1 unspecified atom stereocenters. The summed E-state index contributed by atoms with van der Waals surface area (Å²) in [5.41, 5.74) is 0.784. The van der Waals surface area contributed by atoms with E-state index in [0.717, 1.165) is 11.4 Å². The second-order valence-corrected chi connectivity index (χ2v) is 5.54. The van der Waals surface area contributed by atoms with Gasteiger partial charge in [-0.3, -0.25) is 14.7 Å². The third kappa shape index (κ3) is 4.87. The van der Waals surface area contributed by atoms with E-state index in [1.807, 2.05) is 17.6 Å². The first-order valence-electron chi connectivity index (χ1n) is 7.29. The van der Waals surface area contributed by atoms with Crippen LogP contribution in [-0.4, -0.2) is 39.0 Å². The maximum absolute atomic E-state index is 13.1. The van der Waals surface area contributed by atoms with E-state index in [-0.39, 0.29) is 31.4 Å². The highest BCUT2D eigenvalue weighted by Crippen LogP contribution is 2.25. The molecule has 2 aromatic rings. The molecule has 3 rings (SSSR count). The normalized spacial score (nSPS) is 18.1. The SMILES string of the molecule is Cc1nccn1-c1ncccc1CNC(=O)C1CC(F)(F)CN1.Cl.Cl. The van der Waals surface area contributed by atoms with Crippen molar-refractivity contribution in [3.05, 3.63) is 42.1 Å². The Kier molecular flexibility index (Phi) is 7.28. The number of nitrogens with one attached hydrogen (secondary N) is 2. The number of nitrogens with zero attached hydrogens (tertiary/aromatic N) is 3. The number of imidazole rings is 1. The van der Waals surface area contributed by atoms with E-state index in [9.17, 15) is 13.6 Å². The lowest BCUT2D eigenvalue weighted by atomic mass is 10.1. The summed E-state index contributed by atoms with van der Waals surface area (Å²) in [5, 5.41) is 5.23. The van der Waals surface area contributed by atoms with Crippen molar-refractivity contribution in [1.29, 1.82) is 0 Å². The fourth-order valence-electron chi connectivity index (χ4n) is 2.59. The lowest BCUT2D eigenvalue weighted by Crippen LogP contribution is -2.40. The largest absolute Gasteiger partial charge is 0.351 e. The number of hydrogen-bond donors (Lipinski definition) is 2. The zero-order valence-electron chi connectivity index (χ0n) is 13.4. The molecule has 25 heavy (non-hydrogen) atoms. The molecule has 0 spiro atoms. The van der Waals surface area contributed by atoms with E-state index in [0.29, 0.717) is 5.82 Å².